The van der Waals surface area contributed by atoms with Crippen LogP contribution in [0.3, 0.4) is 0 Å². The van der Waals surface area contributed by atoms with Crippen LogP contribution in [0.2, 0.25) is 0 Å². The maximum Gasteiger partial charge on any atom is 0.244 e. The van der Waals surface area contributed by atoms with Crippen LogP contribution in [0.15, 0.2) is 54.7 Å². The van der Waals surface area contributed by atoms with E-state index in [1.807, 2.05) is 35.1 Å². The van der Waals surface area contributed by atoms with Crippen LogP contribution < -0.4 is 4.74 Å². The number of hydrogen-bond donors (Lipinski definition) is 0. The van der Waals surface area contributed by atoms with E-state index in [0.29, 0.717) is 6.61 Å². The summed E-state index contributed by atoms with van der Waals surface area (Å²) in [6.07, 6.45) is 1.88. The highest BCUT2D eigenvalue weighted by Crippen LogP contribution is 2.35. The van der Waals surface area contributed by atoms with Crippen molar-refractivity contribution < 1.29 is 4.74 Å². The second-order valence-corrected chi connectivity index (χ2v) is 5.18. The summed E-state index contributed by atoms with van der Waals surface area (Å²) in [6, 6.07) is 16.3. The molecular formula is C17H11N3O. The number of pyridine rings is 1. The average Bonchev–Trinajstić information content (AvgIpc) is 2.94. The molecule has 0 bridgehead atoms. The highest BCUT2D eigenvalue weighted by Gasteiger charge is 2.23. The van der Waals surface area contributed by atoms with Crippen LogP contribution >= 0.6 is 0 Å². The zero-order valence-corrected chi connectivity index (χ0v) is 11.2. The Kier molecular flexibility index (Phi) is 1.98. The fraction of sp³-hybridized carbons (Fsp3) is 0.0588. The lowest BCUT2D eigenvalue weighted by atomic mass is 10.1. The minimum Gasteiger partial charge on any atom is -0.471 e. The summed E-state index contributed by atoms with van der Waals surface area (Å²) in [5, 5.41) is 6.95. The Morgan fingerprint density at radius 1 is 0.952 bits per heavy atom. The Morgan fingerprint density at radius 3 is 2.81 bits per heavy atom. The van der Waals surface area contributed by atoms with Crippen molar-refractivity contribution in [2.45, 2.75) is 6.61 Å². The van der Waals surface area contributed by atoms with E-state index in [-0.39, 0.29) is 0 Å². The van der Waals surface area contributed by atoms with Crippen molar-refractivity contribution >= 4 is 21.8 Å². The monoisotopic (exact) mass is 273 g/mol. The molecule has 0 saturated carbocycles. The van der Waals surface area contributed by atoms with Crippen LogP contribution in [-0.4, -0.2) is 14.8 Å². The van der Waals surface area contributed by atoms with E-state index in [9.17, 15) is 0 Å². The van der Waals surface area contributed by atoms with Crippen LogP contribution in [-0.2, 0) is 6.61 Å². The first-order valence-electron chi connectivity index (χ1n) is 6.89. The Morgan fingerprint density at radius 2 is 1.81 bits per heavy atom. The minimum absolute atomic E-state index is 0.561. The molecule has 0 saturated heterocycles. The van der Waals surface area contributed by atoms with Crippen LogP contribution in [0.5, 0.6) is 5.88 Å². The topological polar surface area (TPSA) is 39.9 Å². The standard InChI is InChI=1S/C17H11N3O/c1-3-7-13-11(5-1)9-18-16-15(13)19-20-14-8-4-2-6-12(14)10-21-17(16)20/h1-9H,10H2. The molecule has 0 amide bonds. The minimum atomic E-state index is 0.561. The van der Waals surface area contributed by atoms with Crippen molar-refractivity contribution in [2.24, 2.45) is 0 Å². The molecule has 4 heteroatoms. The number of hydrogen-bond acceptors (Lipinski definition) is 3. The van der Waals surface area contributed by atoms with Gasteiger partial charge in [-0.3, -0.25) is 0 Å². The Hall–Kier alpha value is -2.88. The first-order valence-corrected chi connectivity index (χ1v) is 6.89. The van der Waals surface area contributed by atoms with Crippen molar-refractivity contribution in [1.82, 2.24) is 14.8 Å². The number of nitrogens with zero attached hydrogens (tertiary/aromatic N) is 3. The fourth-order valence-electron chi connectivity index (χ4n) is 2.93. The van der Waals surface area contributed by atoms with Crippen LogP contribution in [0.25, 0.3) is 27.5 Å². The van der Waals surface area contributed by atoms with Gasteiger partial charge in [-0.2, -0.15) is 9.78 Å². The van der Waals surface area contributed by atoms with E-state index in [1.165, 1.54) is 0 Å². The third kappa shape index (κ3) is 1.39. The van der Waals surface area contributed by atoms with E-state index in [1.54, 1.807) is 0 Å². The summed E-state index contributed by atoms with van der Waals surface area (Å²) in [5.74, 6) is 0.731. The van der Waals surface area contributed by atoms with Gasteiger partial charge in [0.1, 0.15) is 12.1 Å². The van der Waals surface area contributed by atoms with Gasteiger partial charge in [-0.25, -0.2) is 4.98 Å². The summed E-state index contributed by atoms with van der Waals surface area (Å²) >= 11 is 0. The zero-order valence-electron chi connectivity index (χ0n) is 11.2. The van der Waals surface area contributed by atoms with E-state index in [2.05, 4.69) is 29.2 Å². The lowest BCUT2D eigenvalue weighted by Gasteiger charge is -2.18. The fourth-order valence-corrected chi connectivity index (χ4v) is 2.93. The number of aromatic nitrogens is 3. The molecular weight excluding hydrogens is 262 g/mol. The van der Waals surface area contributed by atoms with Gasteiger partial charge in [0.15, 0.2) is 5.52 Å². The second-order valence-electron chi connectivity index (χ2n) is 5.18. The molecule has 4 nitrogen and oxygen atoms in total. The van der Waals surface area contributed by atoms with E-state index < -0.39 is 0 Å². The molecule has 4 aromatic rings. The lowest BCUT2D eigenvalue weighted by Crippen LogP contribution is -2.12. The molecule has 0 radical (unpaired) electrons. The van der Waals surface area contributed by atoms with E-state index >= 15 is 0 Å². The molecule has 0 spiro atoms. The molecule has 0 aliphatic carbocycles. The van der Waals surface area contributed by atoms with Gasteiger partial charge >= 0.3 is 0 Å². The number of para-hydroxylation sites is 1. The third-order valence-electron chi connectivity index (χ3n) is 3.95. The lowest BCUT2D eigenvalue weighted by molar-refractivity contribution is 0.273. The predicted molar refractivity (Wildman–Crippen MR) is 80.7 cm³/mol. The molecule has 2 aromatic carbocycles. The summed E-state index contributed by atoms with van der Waals surface area (Å²) in [6.45, 7) is 0.561. The zero-order chi connectivity index (χ0) is 13.8. The summed E-state index contributed by atoms with van der Waals surface area (Å²) in [7, 11) is 0. The summed E-state index contributed by atoms with van der Waals surface area (Å²) in [4.78, 5) is 4.55. The maximum atomic E-state index is 5.89. The van der Waals surface area contributed by atoms with Gasteiger partial charge in [-0.15, -0.1) is 0 Å². The smallest absolute Gasteiger partial charge is 0.244 e. The number of benzene rings is 2. The molecule has 1 aliphatic rings. The van der Waals surface area contributed by atoms with Crippen molar-refractivity contribution in [3.63, 3.8) is 0 Å². The second kappa shape index (κ2) is 3.82. The van der Waals surface area contributed by atoms with Gasteiger partial charge in [0.05, 0.1) is 5.69 Å². The molecule has 0 fully saturated rings. The molecule has 3 heterocycles. The Balaban J connectivity index is 1.93. The molecule has 100 valence electrons. The third-order valence-corrected chi connectivity index (χ3v) is 3.95. The van der Waals surface area contributed by atoms with Crippen molar-refractivity contribution in [1.29, 1.82) is 0 Å². The molecule has 5 rings (SSSR count). The van der Waals surface area contributed by atoms with Crippen LogP contribution in [0, 0.1) is 0 Å². The highest BCUT2D eigenvalue weighted by molar-refractivity contribution is 6.04. The van der Waals surface area contributed by atoms with Crippen LogP contribution in [0.4, 0.5) is 0 Å². The Labute approximate surface area is 120 Å². The van der Waals surface area contributed by atoms with Gasteiger partial charge in [0.25, 0.3) is 0 Å². The van der Waals surface area contributed by atoms with Gasteiger partial charge < -0.3 is 4.74 Å². The van der Waals surface area contributed by atoms with Gasteiger partial charge in [-0.05, 0) is 6.07 Å². The van der Waals surface area contributed by atoms with E-state index in [4.69, 9.17) is 9.84 Å². The maximum absolute atomic E-state index is 5.89. The van der Waals surface area contributed by atoms with Crippen molar-refractivity contribution in [3.05, 3.63) is 60.3 Å². The highest BCUT2D eigenvalue weighted by atomic mass is 16.5. The quantitative estimate of drug-likeness (QED) is 0.492. The van der Waals surface area contributed by atoms with Gasteiger partial charge in [-0.1, -0.05) is 42.5 Å². The number of ether oxygens (including phenoxy) is 1. The van der Waals surface area contributed by atoms with Crippen LogP contribution in [0.1, 0.15) is 5.56 Å². The van der Waals surface area contributed by atoms with Gasteiger partial charge in [0.2, 0.25) is 5.88 Å². The number of rotatable bonds is 0. The normalized spacial score (nSPS) is 13.0. The summed E-state index contributed by atoms with van der Waals surface area (Å²) < 4.78 is 7.75. The average molecular weight is 273 g/mol. The Bertz CT molecular complexity index is 1000. The molecule has 0 unspecified atom stereocenters. The van der Waals surface area contributed by atoms with E-state index in [0.717, 1.165) is 38.9 Å². The van der Waals surface area contributed by atoms with Crippen molar-refractivity contribution in [3.8, 4) is 11.6 Å². The molecule has 0 N–H and O–H groups in total. The summed E-state index contributed by atoms with van der Waals surface area (Å²) in [5.41, 5.74) is 3.92. The first-order chi connectivity index (χ1) is 10.4. The van der Waals surface area contributed by atoms with Crippen molar-refractivity contribution in [2.75, 3.05) is 0 Å². The molecule has 0 atom stereocenters. The molecule has 21 heavy (non-hydrogen) atoms. The van der Waals surface area contributed by atoms with Gasteiger partial charge in [0, 0.05) is 22.5 Å². The molecule has 2 aromatic heterocycles. The number of fused-ring (bicyclic) bond motifs is 7. The molecule has 1 aliphatic heterocycles. The largest absolute Gasteiger partial charge is 0.471 e. The predicted octanol–water partition coefficient (Wildman–Crippen LogP) is 3.47. The SMILES string of the molecule is c1ccc2c(c1)COc1c3ncc4ccccc4c3nn1-2. The first kappa shape index (κ1) is 10.9.